The molecular weight excluding hydrogens is 314 g/mol. The number of carbonyl (C=O) groups excluding carboxylic acids is 1. The van der Waals surface area contributed by atoms with Gasteiger partial charge in [0.15, 0.2) is 0 Å². The minimum atomic E-state index is -0.193. The van der Waals surface area contributed by atoms with Gasteiger partial charge in [-0.1, -0.05) is 24.3 Å². The van der Waals surface area contributed by atoms with Crippen LogP contribution in [0.2, 0.25) is 0 Å². The molecule has 5 nitrogen and oxygen atoms in total. The Labute approximate surface area is 150 Å². The first-order valence-electron chi connectivity index (χ1n) is 9.48. The van der Waals surface area contributed by atoms with Gasteiger partial charge in [-0.25, -0.2) is 4.79 Å². The third kappa shape index (κ3) is 4.73. The lowest BCUT2D eigenvalue weighted by molar-refractivity contribution is 0.103. The Balaban J connectivity index is 1.48. The SMILES string of the molecule is CC(C)(CNC(=O)NC1CCC(O)CC1)N1CCc2ccccc2C1. The predicted molar refractivity (Wildman–Crippen MR) is 99.4 cm³/mol. The summed E-state index contributed by atoms with van der Waals surface area (Å²) in [5.41, 5.74) is 2.75. The normalized spacial score (nSPS) is 24.4. The van der Waals surface area contributed by atoms with E-state index in [1.165, 1.54) is 11.1 Å². The number of benzene rings is 1. The average Bonchev–Trinajstić information content (AvgIpc) is 2.62. The van der Waals surface area contributed by atoms with Gasteiger partial charge >= 0.3 is 6.03 Å². The molecule has 0 radical (unpaired) electrons. The summed E-state index contributed by atoms with van der Waals surface area (Å²) in [5.74, 6) is 0. The van der Waals surface area contributed by atoms with E-state index in [2.05, 4.69) is 53.6 Å². The van der Waals surface area contributed by atoms with Crippen LogP contribution in [0.4, 0.5) is 4.79 Å². The smallest absolute Gasteiger partial charge is 0.315 e. The van der Waals surface area contributed by atoms with Crippen LogP contribution in [-0.2, 0) is 13.0 Å². The van der Waals surface area contributed by atoms with Crippen molar-refractivity contribution in [2.45, 2.75) is 70.2 Å². The van der Waals surface area contributed by atoms with Crippen molar-refractivity contribution in [1.29, 1.82) is 0 Å². The van der Waals surface area contributed by atoms with Gasteiger partial charge in [0, 0.05) is 31.2 Å². The molecule has 0 unspecified atom stereocenters. The van der Waals surface area contributed by atoms with Crippen LogP contribution in [0.25, 0.3) is 0 Å². The number of amides is 2. The third-order valence-corrected chi connectivity index (χ3v) is 5.70. The van der Waals surface area contributed by atoms with Crippen LogP contribution in [0, 0.1) is 0 Å². The molecule has 1 aliphatic carbocycles. The first-order valence-corrected chi connectivity index (χ1v) is 9.48. The second-order valence-electron chi connectivity index (χ2n) is 8.09. The number of hydrogen-bond acceptors (Lipinski definition) is 3. The summed E-state index contributed by atoms with van der Waals surface area (Å²) in [4.78, 5) is 14.7. The maximum atomic E-state index is 12.2. The number of urea groups is 1. The maximum Gasteiger partial charge on any atom is 0.315 e. The molecule has 0 aromatic heterocycles. The van der Waals surface area contributed by atoms with Crippen LogP contribution in [-0.4, -0.2) is 46.8 Å². The van der Waals surface area contributed by atoms with Crippen molar-refractivity contribution in [2.24, 2.45) is 0 Å². The number of carbonyl (C=O) groups is 1. The second kappa shape index (κ2) is 7.75. The Morgan fingerprint density at radius 3 is 2.60 bits per heavy atom. The Morgan fingerprint density at radius 2 is 1.88 bits per heavy atom. The average molecular weight is 345 g/mol. The number of nitrogens with zero attached hydrogens (tertiary/aromatic N) is 1. The molecular formula is C20H31N3O2. The molecule has 1 aliphatic heterocycles. The van der Waals surface area contributed by atoms with E-state index >= 15 is 0 Å². The van der Waals surface area contributed by atoms with E-state index in [-0.39, 0.29) is 23.7 Å². The van der Waals surface area contributed by atoms with E-state index in [4.69, 9.17) is 0 Å². The standard InChI is InChI=1S/C20H31N3O2/c1-20(2,23-12-11-15-5-3-4-6-16(15)13-23)14-21-19(25)22-17-7-9-18(24)10-8-17/h3-6,17-18,24H,7-14H2,1-2H3,(H2,21,22,25). The van der Waals surface area contributed by atoms with E-state index in [1.807, 2.05) is 0 Å². The van der Waals surface area contributed by atoms with Gasteiger partial charge < -0.3 is 15.7 Å². The van der Waals surface area contributed by atoms with Gasteiger partial charge in [-0.2, -0.15) is 0 Å². The summed E-state index contributed by atoms with van der Waals surface area (Å²) in [6.07, 6.45) is 4.16. The first-order chi connectivity index (χ1) is 11.9. The number of nitrogens with one attached hydrogen (secondary N) is 2. The van der Waals surface area contributed by atoms with Crippen LogP contribution in [0.15, 0.2) is 24.3 Å². The van der Waals surface area contributed by atoms with E-state index in [0.717, 1.165) is 45.2 Å². The molecule has 0 spiro atoms. The predicted octanol–water partition coefficient (Wildman–Crippen LogP) is 2.43. The first kappa shape index (κ1) is 18.2. The lowest BCUT2D eigenvalue weighted by Crippen LogP contribution is -2.55. The summed E-state index contributed by atoms with van der Waals surface area (Å²) < 4.78 is 0. The molecule has 1 saturated carbocycles. The van der Waals surface area contributed by atoms with Crippen molar-refractivity contribution in [3.05, 3.63) is 35.4 Å². The van der Waals surface area contributed by atoms with Crippen molar-refractivity contribution in [3.8, 4) is 0 Å². The Kier molecular flexibility index (Phi) is 5.64. The van der Waals surface area contributed by atoms with Crippen molar-refractivity contribution in [1.82, 2.24) is 15.5 Å². The quantitative estimate of drug-likeness (QED) is 0.785. The maximum absolute atomic E-state index is 12.2. The summed E-state index contributed by atoms with van der Waals surface area (Å²) in [6, 6.07) is 8.72. The van der Waals surface area contributed by atoms with Crippen molar-refractivity contribution in [2.75, 3.05) is 13.1 Å². The summed E-state index contributed by atoms with van der Waals surface area (Å²) in [7, 11) is 0. The van der Waals surface area contributed by atoms with Crippen molar-refractivity contribution in [3.63, 3.8) is 0 Å². The van der Waals surface area contributed by atoms with Gasteiger partial charge in [-0.3, -0.25) is 4.90 Å². The third-order valence-electron chi connectivity index (χ3n) is 5.70. The highest BCUT2D eigenvalue weighted by atomic mass is 16.3. The molecule has 0 bridgehead atoms. The topological polar surface area (TPSA) is 64.6 Å². The summed E-state index contributed by atoms with van der Waals surface area (Å²) >= 11 is 0. The van der Waals surface area contributed by atoms with Gasteiger partial charge in [0.25, 0.3) is 0 Å². The van der Waals surface area contributed by atoms with E-state index < -0.39 is 0 Å². The van der Waals surface area contributed by atoms with Gasteiger partial charge in [0.1, 0.15) is 0 Å². The second-order valence-corrected chi connectivity index (χ2v) is 8.09. The van der Waals surface area contributed by atoms with E-state index in [9.17, 15) is 9.90 Å². The van der Waals surface area contributed by atoms with E-state index in [1.54, 1.807) is 0 Å². The zero-order valence-electron chi connectivity index (χ0n) is 15.4. The molecule has 3 rings (SSSR count). The molecule has 3 N–H and O–H groups in total. The fourth-order valence-corrected chi connectivity index (χ4v) is 3.88. The molecule has 2 aliphatic rings. The molecule has 2 amide bonds. The lowest BCUT2D eigenvalue weighted by atomic mass is 9.93. The van der Waals surface area contributed by atoms with Crippen LogP contribution < -0.4 is 10.6 Å². The molecule has 1 heterocycles. The highest BCUT2D eigenvalue weighted by molar-refractivity contribution is 5.74. The van der Waals surface area contributed by atoms with Crippen LogP contribution >= 0.6 is 0 Å². The van der Waals surface area contributed by atoms with Gasteiger partial charge in [0.2, 0.25) is 0 Å². The number of aliphatic hydroxyl groups excluding tert-OH is 1. The molecule has 1 fully saturated rings. The van der Waals surface area contributed by atoms with Gasteiger partial charge in [0.05, 0.1) is 6.10 Å². The summed E-state index contributed by atoms with van der Waals surface area (Å²) in [5, 5.41) is 15.7. The number of hydrogen-bond donors (Lipinski definition) is 3. The molecule has 5 heteroatoms. The van der Waals surface area contributed by atoms with Crippen molar-refractivity contribution >= 4 is 6.03 Å². The number of aliphatic hydroxyl groups is 1. The number of fused-ring (bicyclic) bond motifs is 1. The molecule has 1 aromatic rings. The van der Waals surface area contributed by atoms with Crippen molar-refractivity contribution < 1.29 is 9.90 Å². The van der Waals surface area contributed by atoms with Gasteiger partial charge in [-0.15, -0.1) is 0 Å². The number of rotatable bonds is 4. The Morgan fingerprint density at radius 1 is 1.20 bits per heavy atom. The van der Waals surface area contributed by atoms with Crippen LogP contribution in [0.5, 0.6) is 0 Å². The highest BCUT2D eigenvalue weighted by Crippen LogP contribution is 2.25. The minimum Gasteiger partial charge on any atom is -0.393 e. The zero-order chi connectivity index (χ0) is 17.9. The van der Waals surface area contributed by atoms with Gasteiger partial charge in [-0.05, 0) is 57.1 Å². The molecule has 25 heavy (non-hydrogen) atoms. The monoisotopic (exact) mass is 345 g/mol. The zero-order valence-corrected chi connectivity index (χ0v) is 15.4. The molecule has 0 saturated heterocycles. The lowest BCUT2D eigenvalue weighted by Gasteiger charge is -2.41. The molecule has 138 valence electrons. The Hall–Kier alpha value is -1.59. The largest absolute Gasteiger partial charge is 0.393 e. The highest BCUT2D eigenvalue weighted by Gasteiger charge is 2.30. The van der Waals surface area contributed by atoms with Crippen LogP contribution in [0.3, 0.4) is 0 Å². The molecule has 0 atom stereocenters. The summed E-state index contributed by atoms with van der Waals surface area (Å²) in [6.45, 7) is 6.97. The fourth-order valence-electron chi connectivity index (χ4n) is 3.88. The fraction of sp³-hybridized carbons (Fsp3) is 0.650. The van der Waals surface area contributed by atoms with E-state index in [0.29, 0.717) is 6.54 Å². The molecule has 1 aromatic carbocycles. The minimum absolute atomic E-state index is 0.0897. The van der Waals surface area contributed by atoms with Crippen LogP contribution in [0.1, 0.15) is 50.7 Å². The Bertz CT molecular complexity index is 594.